The Kier molecular flexibility index (Phi) is 10.3. The zero-order valence-electron chi connectivity index (χ0n) is 23.4. The Hall–Kier alpha value is -1.32. The number of amides is 2. The lowest BCUT2D eigenvalue weighted by Gasteiger charge is -2.43. The summed E-state index contributed by atoms with van der Waals surface area (Å²) < 4.78 is 5.00. The average Bonchev–Trinajstić information content (AvgIpc) is 3.51. The summed E-state index contributed by atoms with van der Waals surface area (Å²) in [4.78, 5) is 46.2. The summed E-state index contributed by atoms with van der Waals surface area (Å²) in [6.45, 7) is 12.1. The predicted octanol–water partition coefficient (Wildman–Crippen LogP) is 4.71. The van der Waals surface area contributed by atoms with Crippen molar-refractivity contribution < 1.29 is 24.2 Å². The van der Waals surface area contributed by atoms with Crippen LogP contribution in [0.1, 0.15) is 71.6 Å². The fourth-order valence-electron chi connectivity index (χ4n) is 7.36. The van der Waals surface area contributed by atoms with Gasteiger partial charge in [0.25, 0.3) is 0 Å². The fourth-order valence-corrected chi connectivity index (χ4v) is 10.9. The lowest BCUT2D eigenvalue weighted by molar-refractivity contribution is -0.155. The van der Waals surface area contributed by atoms with Gasteiger partial charge in [0.15, 0.2) is 0 Å². The number of esters is 1. The van der Waals surface area contributed by atoms with E-state index in [0.29, 0.717) is 19.6 Å². The SMILES string of the molecule is C=CCCCCOC(=O)[C@H]1[C@H]2C(=O)N([C@@H](CO)C(C)C)C(C(=O)N(CC=C)C3CCCCC3)C23CC(Br)[C@@H]1S3. The highest BCUT2D eigenvalue weighted by molar-refractivity contribution is 9.09. The number of halogens is 1. The lowest BCUT2D eigenvalue weighted by Crippen LogP contribution is -2.60. The molecule has 4 rings (SSSR count). The van der Waals surface area contributed by atoms with E-state index in [2.05, 4.69) is 29.1 Å². The maximum Gasteiger partial charge on any atom is 0.310 e. The first-order chi connectivity index (χ1) is 18.7. The largest absolute Gasteiger partial charge is 0.465 e. The first-order valence-electron chi connectivity index (χ1n) is 14.7. The zero-order valence-corrected chi connectivity index (χ0v) is 25.8. The Labute approximate surface area is 246 Å². The molecule has 39 heavy (non-hydrogen) atoms. The highest BCUT2D eigenvalue weighted by Crippen LogP contribution is 2.68. The van der Waals surface area contributed by atoms with E-state index < -0.39 is 28.7 Å². The third-order valence-electron chi connectivity index (χ3n) is 9.22. The number of aliphatic hydroxyl groups excluding tert-OH is 1. The summed E-state index contributed by atoms with van der Waals surface area (Å²) in [7, 11) is 0. The third kappa shape index (κ3) is 5.61. The number of allylic oxidation sites excluding steroid dienone is 1. The van der Waals surface area contributed by atoms with Crippen LogP contribution in [0.2, 0.25) is 0 Å². The highest BCUT2D eigenvalue weighted by Gasteiger charge is 2.77. The summed E-state index contributed by atoms with van der Waals surface area (Å²) in [5.74, 6) is -1.91. The molecule has 3 unspecified atom stereocenters. The average molecular weight is 626 g/mol. The van der Waals surface area contributed by atoms with Crippen molar-refractivity contribution in [1.82, 2.24) is 9.80 Å². The van der Waals surface area contributed by atoms with E-state index in [1.165, 1.54) is 6.42 Å². The Morgan fingerprint density at radius 3 is 2.56 bits per heavy atom. The van der Waals surface area contributed by atoms with Gasteiger partial charge < -0.3 is 19.6 Å². The zero-order chi connectivity index (χ0) is 28.3. The molecule has 1 saturated carbocycles. The summed E-state index contributed by atoms with van der Waals surface area (Å²) in [5.41, 5.74) is 0. The normalized spacial score (nSPS) is 32.8. The number of carbonyl (C=O) groups is 3. The first-order valence-corrected chi connectivity index (χ1v) is 16.5. The number of ether oxygens (including phenoxy) is 1. The van der Waals surface area contributed by atoms with Crippen LogP contribution in [0.15, 0.2) is 25.3 Å². The molecule has 1 aliphatic carbocycles. The molecule has 4 fully saturated rings. The van der Waals surface area contributed by atoms with E-state index in [4.69, 9.17) is 4.74 Å². The van der Waals surface area contributed by atoms with Crippen LogP contribution in [0.4, 0.5) is 0 Å². The summed E-state index contributed by atoms with van der Waals surface area (Å²) in [6, 6.07) is -1.13. The van der Waals surface area contributed by atoms with Crippen LogP contribution in [0, 0.1) is 17.8 Å². The number of nitrogens with zero attached hydrogens (tertiary/aromatic N) is 2. The van der Waals surface area contributed by atoms with Gasteiger partial charge in [-0.25, -0.2) is 0 Å². The lowest BCUT2D eigenvalue weighted by atomic mass is 9.71. The van der Waals surface area contributed by atoms with Gasteiger partial charge in [0.1, 0.15) is 6.04 Å². The van der Waals surface area contributed by atoms with E-state index in [0.717, 1.165) is 44.9 Å². The second-order valence-electron chi connectivity index (χ2n) is 11.9. The Morgan fingerprint density at radius 2 is 1.95 bits per heavy atom. The highest BCUT2D eigenvalue weighted by atomic mass is 79.9. The molecule has 1 spiro atoms. The second kappa shape index (κ2) is 13.1. The van der Waals surface area contributed by atoms with Gasteiger partial charge in [-0.2, -0.15) is 0 Å². The molecule has 9 heteroatoms. The summed E-state index contributed by atoms with van der Waals surface area (Å²) >= 11 is 5.45. The van der Waals surface area contributed by atoms with Crippen LogP contribution in [-0.4, -0.2) is 85.4 Å². The fraction of sp³-hybridized carbons (Fsp3) is 0.767. The van der Waals surface area contributed by atoms with E-state index >= 15 is 0 Å². The Morgan fingerprint density at radius 1 is 1.23 bits per heavy atom. The molecule has 3 saturated heterocycles. The molecule has 2 amide bonds. The molecule has 0 radical (unpaired) electrons. The molecule has 4 aliphatic rings. The number of hydrogen-bond acceptors (Lipinski definition) is 6. The van der Waals surface area contributed by atoms with Crippen molar-refractivity contribution in [3.8, 4) is 0 Å². The van der Waals surface area contributed by atoms with Crippen molar-refractivity contribution in [1.29, 1.82) is 0 Å². The van der Waals surface area contributed by atoms with Crippen molar-refractivity contribution in [2.24, 2.45) is 17.8 Å². The van der Waals surface area contributed by atoms with Gasteiger partial charge in [-0.05, 0) is 44.4 Å². The molecule has 2 bridgehead atoms. The van der Waals surface area contributed by atoms with E-state index in [9.17, 15) is 19.5 Å². The van der Waals surface area contributed by atoms with Crippen molar-refractivity contribution in [2.75, 3.05) is 19.8 Å². The molecule has 7 nitrogen and oxygen atoms in total. The number of likely N-dealkylation sites (tertiary alicyclic amines) is 1. The number of unbranched alkanes of at least 4 members (excludes halogenated alkanes) is 2. The van der Waals surface area contributed by atoms with Gasteiger partial charge in [-0.3, -0.25) is 14.4 Å². The molecule has 0 aromatic rings. The van der Waals surface area contributed by atoms with Crippen molar-refractivity contribution in [2.45, 2.75) is 105 Å². The van der Waals surface area contributed by atoms with Gasteiger partial charge in [0.05, 0.1) is 35.8 Å². The molecule has 0 aromatic heterocycles. The maximum atomic E-state index is 14.7. The molecule has 1 N–H and O–H groups in total. The molecule has 0 aromatic carbocycles. The van der Waals surface area contributed by atoms with E-state index in [-0.39, 0.29) is 46.4 Å². The summed E-state index contributed by atoms with van der Waals surface area (Å²) in [5, 5.41) is 10.3. The van der Waals surface area contributed by atoms with Crippen LogP contribution < -0.4 is 0 Å². The van der Waals surface area contributed by atoms with Crippen molar-refractivity contribution in [3.63, 3.8) is 0 Å². The van der Waals surface area contributed by atoms with Gasteiger partial charge in [0.2, 0.25) is 11.8 Å². The van der Waals surface area contributed by atoms with Crippen molar-refractivity contribution >= 4 is 45.5 Å². The smallest absolute Gasteiger partial charge is 0.310 e. The van der Waals surface area contributed by atoms with Crippen LogP contribution >= 0.6 is 27.7 Å². The van der Waals surface area contributed by atoms with Crippen molar-refractivity contribution in [3.05, 3.63) is 25.3 Å². The van der Waals surface area contributed by atoms with Gasteiger partial charge >= 0.3 is 5.97 Å². The van der Waals surface area contributed by atoms with Gasteiger partial charge in [-0.1, -0.05) is 61.2 Å². The second-order valence-corrected chi connectivity index (χ2v) is 14.6. The Bertz CT molecular complexity index is 940. The molecule has 218 valence electrons. The van der Waals surface area contributed by atoms with Crippen LogP contribution in [0.25, 0.3) is 0 Å². The van der Waals surface area contributed by atoms with Gasteiger partial charge in [-0.15, -0.1) is 24.9 Å². The minimum absolute atomic E-state index is 0.00530. The van der Waals surface area contributed by atoms with Crippen LogP contribution in [0.5, 0.6) is 0 Å². The molecular weight excluding hydrogens is 580 g/mol. The van der Waals surface area contributed by atoms with Crippen LogP contribution in [-0.2, 0) is 19.1 Å². The minimum Gasteiger partial charge on any atom is -0.465 e. The van der Waals surface area contributed by atoms with Gasteiger partial charge in [0, 0.05) is 22.7 Å². The molecular formula is C30H45BrN2O5S. The third-order valence-corrected chi connectivity index (χ3v) is 12.4. The maximum absolute atomic E-state index is 14.7. The molecule has 7 atom stereocenters. The molecule has 3 heterocycles. The number of hydrogen-bond donors (Lipinski definition) is 1. The number of aliphatic hydroxyl groups is 1. The monoisotopic (exact) mass is 624 g/mol. The minimum atomic E-state index is -0.740. The predicted molar refractivity (Wildman–Crippen MR) is 159 cm³/mol. The first kappa shape index (κ1) is 30.6. The number of thioether (sulfide) groups is 1. The van der Waals surface area contributed by atoms with E-state index in [1.807, 2.05) is 24.8 Å². The number of alkyl halides is 1. The van der Waals surface area contributed by atoms with E-state index in [1.54, 1.807) is 22.7 Å². The number of fused-ring (bicyclic) bond motifs is 1. The quantitative estimate of drug-likeness (QED) is 0.138. The summed E-state index contributed by atoms with van der Waals surface area (Å²) in [6.07, 6.45) is 12.0. The Balaban J connectivity index is 1.70. The number of carbonyl (C=O) groups excluding carboxylic acids is 3. The topological polar surface area (TPSA) is 87.1 Å². The number of rotatable bonds is 13. The molecule has 3 aliphatic heterocycles. The van der Waals surface area contributed by atoms with Crippen LogP contribution in [0.3, 0.4) is 0 Å². The standard InChI is InChI=1S/C30H45BrN2O5S/c1-5-7-8-12-16-38-29(37)23-24-27(35)33(22(18-34)19(3)4)26(30(24)17-21(31)25(23)39-30)28(36)32(15-6-2)20-13-10-9-11-14-20/h5-6,19-26,34H,1-2,7-18H2,3-4H3/t21?,22-,23-,24-,25-,26?,30?/m0/s1.